The summed E-state index contributed by atoms with van der Waals surface area (Å²) in [7, 11) is 0. The Balaban J connectivity index is 2.21. The van der Waals surface area contributed by atoms with Gasteiger partial charge in [-0.15, -0.1) is 0 Å². The van der Waals surface area contributed by atoms with Gasteiger partial charge in [-0.25, -0.2) is 0 Å². The molecule has 5 heteroatoms. The van der Waals surface area contributed by atoms with Gasteiger partial charge in [0.1, 0.15) is 12.4 Å². The largest absolute Gasteiger partial charge is 0.487 e. The fourth-order valence-electron chi connectivity index (χ4n) is 1.63. The lowest BCUT2D eigenvalue weighted by atomic mass is 10.2. The van der Waals surface area contributed by atoms with E-state index in [-0.39, 0.29) is 0 Å². The zero-order chi connectivity index (χ0) is 13.8. The maximum atomic E-state index is 6.14. The number of ether oxygens (including phenoxy) is 1. The van der Waals surface area contributed by atoms with Crippen LogP contribution in [-0.2, 0) is 11.9 Å². The molecule has 0 atom stereocenters. The molecule has 0 fully saturated rings. The van der Waals surface area contributed by atoms with Crippen LogP contribution < -0.4 is 4.74 Å². The van der Waals surface area contributed by atoms with Crippen LogP contribution in [0.5, 0.6) is 5.75 Å². The molecule has 2 aromatic rings. The maximum Gasteiger partial charge on any atom is 0.138 e. The third-order valence-electron chi connectivity index (χ3n) is 2.60. The van der Waals surface area contributed by atoms with Gasteiger partial charge in [-0.2, -0.15) is 0 Å². The van der Waals surface area contributed by atoms with Crippen molar-refractivity contribution in [3.8, 4) is 5.75 Å². The second-order valence-electron chi connectivity index (χ2n) is 3.86. The van der Waals surface area contributed by atoms with E-state index in [1.165, 1.54) is 0 Å². The molecule has 0 spiro atoms. The standard InChI is InChI=1S/C14H10Br2Cl2O/c15-7-9-3-1-5-11(16)14(9)19-8-10-4-2-6-12(17)13(10)18/h1-6H,7-8H2. The first-order valence-corrected chi connectivity index (χ1v) is 8.19. The fourth-order valence-corrected chi connectivity index (χ4v) is 2.97. The molecule has 0 saturated heterocycles. The molecule has 0 N–H and O–H groups in total. The van der Waals surface area contributed by atoms with Crippen molar-refractivity contribution in [1.29, 1.82) is 0 Å². The van der Waals surface area contributed by atoms with E-state index in [9.17, 15) is 0 Å². The van der Waals surface area contributed by atoms with Crippen LogP contribution in [0.25, 0.3) is 0 Å². The van der Waals surface area contributed by atoms with E-state index in [4.69, 9.17) is 27.9 Å². The summed E-state index contributed by atoms with van der Waals surface area (Å²) in [6.45, 7) is 0.377. The van der Waals surface area contributed by atoms with Crippen LogP contribution in [0, 0.1) is 0 Å². The molecule has 2 aromatic carbocycles. The topological polar surface area (TPSA) is 9.23 Å². The Morgan fingerprint density at radius 2 is 1.68 bits per heavy atom. The molecule has 0 aromatic heterocycles. The van der Waals surface area contributed by atoms with Crippen LogP contribution in [0.1, 0.15) is 11.1 Å². The zero-order valence-corrected chi connectivity index (χ0v) is 14.5. The molecule has 0 unspecified atom stereocenters. The Morgan fingerprint density at radius 3 is 2.42 bits per heavy atom. The number of rotatable bonds is 4. The molecule has 19 heavy (non-hydrogen) atoms. The van der Waals surface area contributed by atoms with Crippen LogP contribution in [-0.4, -0.2) is 0 Å². The predicted octanol–water partition coefficient (Wildman–Crippen LogP) is 6.23. The summed E-state index contributed by atoms with van der Waals surface area (Å²) < 4.78 is 6.78. The van der Waals surface area contributed by atoms with Gasteiger partial charge in [0.2, 0.25) is 0 Å². The van der Waals surface area contributed by atoms with Crippen LogP contribution in [0.4, 0.5) is 0 Å². The summed E-state index contributed by atoms with van der Waals surface area (Å²) in [4.78, 5) is 0. The molecule has 1 nitrogen and oxygen atoms in total. The lowest BCUT2D eigenvalue weighted by Gasteiger charge is -2.13. The third-order valence-corrected chi connectivity index (χ3v) is 4.68. The number of hydrogen-bond acceptors (Lipinski definition) is 1. The average molecular weight is 425 g/mol. The highest BCUT2D eigenvalue weighted by Crippen LogP contribution is 2.32. The van der Waals surface area contributed by atoms with Crippen LogP contribution in [0.3, 0.4) is 0 Å². The van der Waals surface area contributed by atoms with Crippen molar-refractivity contribution in [2.24, 2.45) is 0 Å². The molecule has 0 aliphatic heterocycles. The minimum atomic E-state index is 0.377. The number of halogens is 4. The van der Waals surface area contributed by atoms with E-state index in [0.717, 1.165) is 26.7 Å². The molecule has 100 valence electrons. The Labute approximate surface area is 139 Å². The number of benzene rings is 2. The lowest BCUT2D eigenvalue weighted by molar-refractivity contribution is 0.302. The first-order valence-electron chi connectivity index (χ1n) is 5.52. The summed E-state index contributed by atoms with van der Waals surface area (Å²) >= 11 is 19.1. The minimum Gasteiger partial charge on any atom is -0.487 e. The molecule has 2 rings (SSSR count). The molecular weight excluding hydrogens is 415 g/mol. The SMILES string of the molecule is Clc1cccc(COc2c(Br)cccc2CBr)c1Cl. The van der Waals surface area contributed by atoms with E-state index >= 15 is 0 Å². The lowest BCUT2D eigenvalue weighted by Crippen LogP contribution is -1.99. The summed E-state index contributed by atoms with van der Waals surface area (Å²) in [6.07, 6.45) is 0. The number of alkyl halides is 1. The van der Waals surface area contributed by atoms with E-state index in [1.54, 1.807) is 6.07 Å². The van der Waals surface area contributed by atoms with Crippen molar-refractivity contribution in [2.45, 2.75) is 11.9 Å². The van der Waals surface area contributed by atoms with Gasteiger partial charge in [0.05, 0.1) is 14.5 Å². The molecule has 0 amide bonds. The van der Waals surface area contributed by atoms with Gasteiger partial charge in [-0.05, 0) is 28.1 Å². The summed E-state index contributed by atoms with van der Waals surface area (Å²) in [6, 6.07) is 11.4. The second-order valence-corrected chi connectivity index (χ2v) is 6.06. The Bertz CT molecular complexity index is 588. The van der Waals surface area contributed by atoms with Crippen molar-refractivity contribution in [1.82, 2.24) is 0 Å². The van der Waals surface area contributed by atoms with E-state index in [0.29, 0.717) is 16.7 Å². The molecular formula is C14H10Br2Cl2O. The molecule has 0 bridgehead atoms. The quantitative estimate of drug-likeness (QED) is 0.528. The Morgan fingerprint density at radius 1 is 1.00 bits per heavy atom. The van der Waals surface area contributed by atoms with Crippen molar-refractivity contribution >= 4 is 55.1 Å². The van der Waals surface area contributed by atoms with Crippen LogP contribution in [0.2, 0.25) is 10.0 Å². The van der Waals surface area contributed by atoms with Crippen LogP contribution in [0.15, 0.2) is 40.9 Å². The van der Waals surface area contributed by atoms with E-state index < -0.39 is 0 Å². The van der Waals surface area contributed by atoms with Gasteiger partial charge in [0, 0.05) is 16.5 Å². The second kappa shape index (κ2) is 6.98. The average Bonchev–Trinajstić information content (AvgIpc) is 2.41. The molecule has 0 radical (unpaired) electrons. The fraction of sp³-hybridized carbons (Fsp3) is 0.143. The smallest absolute Gasteiger partial charge is 0.138 e. The zero-order valence-electron chi connectivity index (χ0n) is 9.80. The first kappa shape index (κ1) is 15.2. The van der Waals surface area contributed by atoms with Gasteiger partial charge in [0.25, 0.3) is 0 Å². The molecule has 0 aliphatic carbocycles. The predicted molar refractivity (Wildman–Crippen MR) is 87.6 cm³/mol. The first-order chi connectivity index (χ1) is 9.13. The summed E-state index contributed by atoms with van der Waals surface area (Å²) in [5.74, 6) is 0.815. The monoisotopic (exact) mass is 422 g/mol. The van der Waals surface area contributed by atoms with Crippen molar-refractivity contribution in [3.05, 3.63) is 62.0 Å². The number of hydrogen-bond donors (Lipinski definition) is 0. The summed E-state index contributed by atoms with van der Waals surface area (Å²) in [5, 5.41) is 1.80. The van der Waals surface area contributed by atoms with E-state index in [2.05, 4.69) is 31.9 Å². The van der Waals surface area contributed by atoms with Crippen molar-refractivity contribution in [2.75, 3.05) is 0 Å². The van der Waals surface area contributed by atoms with Gasteiger partial charge >= 0.3 is 0 Å². The molecule has 0 aliphatic rings. The maximum absolute atomic E-state index is 6.14. The Hall–Kier alpha value is -0.220. The van der Waals surface area contributed by atoms with Crippen molar-refractivity contribution < 1.29 is 4.74 Å². The van der Waals surface area contributed by atoms with E-state index in [1.807, 2.05) is 30.3 Å². The van der Waals surface area contributed by atoms with Gasteiger partial charge in [-0.3, -0.25) is 0 Å². The summed E-state index contributed by atoms with van der Waals surface area (Å²) in [5.41, 5.74) is 1.94. The van der Waals surface area contributed by atoms with Crippen molar-refractivity contribution in [3.63, 3.8) is 0 Å². The third kappa shape index (κ3) is 3.66. The van der Waals surface area contributed by atoms with Gasteiger partial charge in [-0.1, -0.05) is 63.4 Å². The minimum absolute atomic E-state index is 0.377. The van der Waals surface area contributed by atoms with Crippen LogP contribution >= 0.6 is 55.1 Å². The molecule has 0 saturated carbocycles. The van der Waals surface area contributed by atoms with Gasteiger partial charge in [0.15, 0.2) is 0 Å². The molecule has 0 heterocycles. The highest BCUT2D eigenvalue weighted by Gasteiger charge is 2.09. The highest BCUT2D eigenvalue weighted by molar-refractivity contribution is 9.10. The number of para-hydroxylation sites is 1. The highest BCUT2D eigenvalue weighted by atomic mass is 79.9. The normalized spacial score (nSPS) is 10.5. The Kier molecular flexibility index (Phi) is 5.58. The van der Waals surface area contributed by atoms with Gasteiger partial charge < -0.3 is 4.74 Å².